The molecule has 7 aromatic carbocycles. The van der Waals surface area contributed by atoms with E-state index in [1.54, 1.807) is 0 Å². The van der Waals surface area contributed by atoms with Gasteiger partial charge in [0.05, 0.1) is 11.1 Å². The van der Waals surface area contributed by atoms with Crippen molar-refractivity contribution in [1.29, 1.82) is 0 Å². The highest BCUT2D eigenvalue weighted by Crippen LogP contribution is 2.46. The Morgan fingerprint density at radius 3 is 1.69 bits per heavy atom. The number of oxazole rings is 1. The van der Waals surface area contributed by atoms with Crippen LogP contribution in [0.1, 0.15) is 0 Å². The molecule has 6 heteroatoms. The minimum Gasteiger partial charge on any atom is -0.456 e. The number of nitrogens with zero attached hydrogens (tertiary/aromatic N) is 2. The Morgan fingerprint density at radius 2 is 1.00 bits per heavy atom. The smallest absolute Gasteiger partial charge is 0.227 e. The predicted molar refractivity (Wildman–Crippen MR) is 196 cm³/mol. The Hall–Kier alpha value is -6.79. The van der Waals surface area contributed by atoms with E-state index in [9.17, 15) is 0 Å². The van der Waals surface area contributed by atoms with E-state index in [-0.39, 0.29) is 0 Å². The Kier molecular flexibility index (Phi) is 5.29. The summed E-state index contributed by atoms with van der Waals surface area (Å²) >= 11 is 0. The summed E-state index contributed by atoms with van der Waals surface area (Å²) in [6.07, 6.45) is 0. The minimum absolute atomic E-state index is 0.580. The van der Waals surface area contributed by atoms with Gasteiger partial charge in [0.1, 0.15) is 33.4 Å². The lowest BCUT2D eigenvalue weighted by molar-refractivity contribution is 0.622. The van der Waals surface area contributed by atoms with Crippen LogP contribution < -0.4 is 4.90 Å². The highest BCUT2D eigenvalue weighted by atomic mass is 16.4. The summed E-state index contributed by atoms with van der Waals surface area (Å²) in [7, 11) is 0. The van der Waals surface area contributed by atoms with Crippen molar-refractivity contribution in [3.05, 3.63) is 146 Å². The molecule has 11 rings (SSSR count). The average Bonchev–Trinajstić information content (AvgIpc) is 3.93. The van der Waals surface area contributed by atoms with Gasteiger partial charge in [-0.3, -0.25) is 0 Å². The molecular weight excluding hydrogens is 608 g/mol. The normalized spacial score (nSPS) is 12.1. The maximum absolute atomic E-state index is 6.75. The monoisotopic (exact) mass is 632 g/mol. The fraction of sp³-hybridized carbons (Fsp3) is 0. The van der Waals surface area contributed by atoms with Crippen molar-refractivity contribution in [2.45, 2.75) is 0 Å². The molecule has 230 valence electrons. The minimum atomic E-state index is 0.580. The topological polar surface area (TPSA) is 68.7 Å². The Balaban J connectivity index is 1.18. The van der Waals surface area contributed by atoms with Crippen LogP contribution in [0.3, 0.4) is 0 Å². The van der Waals surface area contributed by atoms with Crippen molar-refractivity contribution >= 4 is 94.0 Å². The first-order valence-corrected chi connectivity index (χ1v) is 16.2. The van der Waals surface area contributed by atoms with E-state index >= 15 is 0 Å². The van der Waals surface area contributed by atoms with Gasteiger partial charge >= 0.3 is 0 Å². The molecule has 0 unspecified atom stereocenters. The molecule has 0 N–H and O–H groups in total. The number of benzene rings is 7. The number of aromatic nitrogens is 1. The number of anilines is 3. The van der Waals surface area contributed by atoms with Gasteiger partial charge in [-0.25, -0.2) is 4.98 Å². The second-order valence-corrected chi connectivity index (χ2v) is 12.3. The molecule has 0 radical (unpaired) electrons. The molecular formula is C43H24N2O4. The quantitative estimate of drug-likeness (QED) is 0.192. The Labute approximate surface area is 278 Å². The van der Waals surface area contributed by atoms with Gasteiger partial charge in [-0.15, -0.1) is 0 Å². The molecule has 0 saturated heterocycles. The van der Waals surface area contributed by atoms with E-state index in [0.717, 1.165) is 94.0 Å². The summed E-state index contributed by atoms with van der Waals surface area (Å²) < 4.78 is 25.6. The molecule has 0 bridgehead atoms. The molecule has 11 aromatic rings. The lowest BCUT2D eigenvalue weighted by atomic mass is 10.1. The summed E-state index contributed by atoms with van der Waals surface area (Å²) in [5, 5.41) is 6.07. The van der Waals surface area contributed by atoms with Crippen molar-refractivity contribution in [2.75, 3.05) is 4.90 Å². The predicted octanol–water partition coefficient (Wildman–Crippen LogP) is 12.7. The number of rotatable bonds is 4. The maximum Gasteiger partial charge on any atom is 0.227 e. The van der Waals surface area contributed by atoms with Gasteiger partial charge in [-0.05, 0) is 78.9 Å². The first-order chi connectivity index (χ1) is 24.3. The number of fused-ring (bicyclic) bond motifs is 11. The average molecular weight is 633 g/mol. The van der Waals surface area contributed by atoms with Crippen LogP contribution in [0.2, 0.25) is 0 Å². The van der Waals surface area contributed by atoms with Crippen LogP contribution in [-0.4, -0.2) is 4.98 Å². The standard InChI is InChI=1S/C43H24N2O4/c1-2-9-25(10-3-1)43-44-33-19-22-39-40(42(33)49-43)30-13-8-14-34(41(30)48-39)45(26-17-20-37-31(23-26)28-11-4-6-15-35(28)46-37)27-18-21-38-32(24-27)29-12-5-7-16-36(29)47-38/h1-24H. The number of para-hydroxylation sites is 3. The molecule has 4 aromatic heterocycles. The lowest BCUT2D eigenvalue weighted by Gasteiger charge is -2.25. The molecule has 49 heavy (non-hydrogen) atoms. The second kappa shape index (κ2) is 9.86. The van der Waals surface area contributed by atoms with E-state index in [4.69, 9.17) is 22.7 Å². The largest absolute Gasteiger partial charge is 0.456 e. The van der Waals surface area contributed by atoms with Crippen LogP contribution in [0.25, 0.3) is 88.4 Å². The fourth-order valence-corrected chi connectivity index (χ4v) is 7.27. The van der Waals surface area contributed by atoms with Crippen LogP contribution in [0.5, 0.6) is 0 Å². The lowest BCUT2D eigenvalue weighted by Crippen LogP contribution is -2.10. The molecule has 0 aliphatic rings. The molecule has 0 spiro atoms. The Morgan fingerprint density at radius 1 is 0.408 bits per heavy atom. The van der Waals surface area contributed by atoms with Crippen molar-refractivity contribution in [3.8, 4) is 11.5 Å². The SMILES string of the molecule is c1ccc(-c2nc3ccc4oc5c(N(c6ccc7oc8ccccc8c7c6)c6ccc7oc8ccccc8c7c6)cccc5c4c3o2)cc1. The number of hydrogen-bond acceptors (Lipinski definition) is 6. The summed E-state index contributed by atoms with van der Waals surface area (Å²) in [6.45, 7) is 0. The van der Waals surface area contributed by atoms with E-state index in [1.165, 1.54) is 0 Å². The van der Waals surface area contributed by atoms with Gasteiger partial charge in [0, 0.05) is 43.9 Å². The molecule has 0 aliphatic heterocycles. The van der Waals surface area contributed by atoms with Crippen LogP contribution in [0.4, 0.5) is 17.1 Å². The van der Waals surface area contributed by atoms with Crippen molar-refractivity contribution < 1.29 is 17.7 Å². The van der Waals surface area contributed by atoms with Crippen molar-refractivity contribution in [2.24, 2.45) is 0 Å². The zero-order valence-corrected chi connectivity index (χ0v) is 25.9. The molecule has 0 atom stereocenters. The van der Waals surface area contributed by atoms with Crippen LogP contribution in [0, 0.1) is 0 Å². The van der Waals surface area contributed by atoms with Gasteiger partial charge in [-0.1, -0.05) is 66.7 Å². The Bertz CT molecular complexity index is 2960. The third-order valence-corrected chi connectivity index (χ3v) is 9.49. The molecule has 6 nitrogen and oxygen atoms in total. The van der Waals surface area contributed by atoms with Crippen molar-refractivity contribution in [3.63, 3.8) is 0 Å². The van der Waals surface area contributed by atoms with Gasteiger partial charge in [-0.2, -0.15) is 0 Å². The molecule has 0 amide bonds. The van der Waals surface area contributed by atoms with Crippen LogP contribution >= 0.6 is 0 Å². The van der Waals surface area contributed by atoms with Gasteiger partial charge < -0.3 is 22.6 Å². The zero-order valence-electron chi connectivity index (χ0n) is 25.9. The highest BCUT2D eigenvalue weighted by Gasteiger charge is 2.23. The van der Waals surface area contributed by atoms with E-state index in [1.807, 2.05) is 91.0 Å². The first kappa shape index (κ1) is 26.3. The fourth-order valence-electron chi connectivity index (χ4n) is 7.27. The van der Waals surface area contributed by atoms with E-state index in [0.29, 0.717) is 11.5 Å². The van der Waals surface area contributed by atoms with E-state index < -0.39 is 0 Å². The van der Waals surface area contributed by atoms with Gasteiger partial charge in [0.15, 0.2) is 11.2 Å². The molecule has 0 aliphatic carbocycles. The van der Waals surface area contributed by atoms with Crippen molar-refractivity contribution in [1.82, 2.24) is 4.98 Å². The summed E-state index contributed by atoms with van der Waals surface area (Å²) in [4.78, 5) is 7.08. The first-order valence-electron chi connectivity index (χ1n) is 16.2. The van der Waals surface area contributed by atoms with Crippen LogP contribution in [0.15, 0.2) is 163 Å². The number of hydrogen-bond donors (Lipinski definition) is 0. The molecule has 4 heterocycles. The molecule has 0 fully saturated rings. The van der Waals surface area contributed by atoms with Crippen LogP contribution in [-0.2, 0) is 0 Å². The van der Waals surface area contributed by atoms with E-state index in [2.05, 4.69) is 59.5 Å². The summed E-state index contributed by atoms with van der Waals surface area (Å²) in [5.41, 5.74) is 10.1. The molecule has 0 saturated carbocycles. The third-order valence-electron chi connectivity index (χ3n) is 9.49. The summed E-state index contributed by atoms with van der Waals surface area (Å²) in [6, 6.07) is 49.2. The maximum atomic E-state index is 6.75. The zero-order chi connectivity index (χ0) is 32.1. The summed E-state index contributed by atoms with van der Waals surface area (Å²) in [5.74, 6) is 0.580. The van der Waals surface area contributed by atoms with Gasteiger partial charge in [0.25, 0.3) is 0 Å². The third kappa shape index (κ3) is 3.85. The number of furan rings is 3. The second-order valence-electron chi connectivity index (χ2n) is 12.3. The van der Waals surface area contributed by atoms with Gasteiger partial charge in [0.2, 0.25) is 5.89 Å². The highest BCUT2D eigenvalue weighted by molar-refractivity contribution is 6.19.